The average molecular weight is 207 g/mol. The van der Waals surface area contributed by atoms with Gasteiger partial charge in [-0.1, -0.05) is 27.4 Å². The third-order valence-electron chi connectivity index (χ3n) is 5.30. The zero-order chi connectivity index (χ0) is 11.3. The van der Waals surface area contributed by atoms with Crippen LogP contribution >= 0.6 is 0 Å². The first-order valence-electron chi connectivity index (χ1n) is 5.85. The second-order valence-electron chi connectivity index (χ2n) is 5.88. The van der Waals surface area contributed by atoms with Crippen molar-refractivity contribution in [1.29, 1.82) is 0 Å². The second kappa shape index (κ2) is 3.10. The van der Waals surface area contributed by atoms with Crippen molar-refractivity contribution >= 4 is 5.91 Å². The van der Waals surface area contributed by atoms with Crippen LogP contribution in [-0.2, 0) is 4.79 Å². The number of hydrogen-bond acceptors (Lipinski definition) is 1. The van der Waals surface area contributed by atoms with Crippen molar-refractivity contribution in [2.45, 2.75) is 46.1 Å². The van der Waals surface area contributed by atoms with Crippen molar-refractivity contribution in [3.05, 3.63) is 12.7 Å². The van der Waals surface area contributed by atoms with Gasteiger partial charge in [0, 0.05) is 6.04 Å². The highest BCUT2D eigenvalue weighted by Gasteiger charge is 2.61. The van der Waals surface area contributed by atoms with Crippen molar-refractivity contribution in [1.82, 2.24) is 5.32 Å². The Hall–Kier alpha value is -0.790. The van der Waals surface area contributed by atoms with Crippen LogP contribution in [0.3, 0.4) is 0 Å². The Morgan fingerprint density at radius 1 is 1.47 bits per heavy atom. The second-order valence-corrected chi connectivity index (χ2v) is 5.88. The molecule has 2 bridgehead atoms. The highest BCUT2D eigenvalue weighted by atomic mass is 16.1. The fourth-order valence-electron chi connectivity index (χ4n) is 3.65. The number of amides is 1. The zero-order valence-corrected chi connectivity index (χ0v) is 9.97. The summed E-state index contributed by atoms with van der Waals surface area (Å²) >= 11 is 0. The molecule has 15 heavy (non-hydrogen) atoms. The van der Waals surface area contributed by atoms with Crippen LogP contribution in [0.4, 0.5) is 0 Å². The fourth-order valence-corrected chi connectivity index (χ4v) is 3.65. The number of carbonyl (C=O) groups is 1. The lowest BCUT2D eigenvalue weighted by atomic mass is 9.69. The zero-order valence-electron chi connectivity index (χ0n) is 9.97. The molecule has 0 aromatic carbocycles. The Morgan fingerprint density at radius 2 is 2.13 bits per heavy atom. The summed E-state index contributed by atoms with van der Waals surface area (Å²) in [6.45, 7) is 10.5. The normalized spacial score (nSPS) is 41.5. The molecule has 1 N–H and O–H groups in total. The molecule has 0 radical (unpaired) electrons. The molecule has 2 fully saturated rings. The van der Waals surface area contributed by atoms with Crippen LogP contribution in [0.5, 0.6) is 0 Å². The van der Waals surface area contributed by atoms with E-state index in [9.17, 15) is 4.79 Å². The Kier molecular flexibility index (Phi) is 2.21. The molecule has 1 amide bonds. The maximum Gasteiger partial charge on any atom is 0.243 e. The van der Waals surface area contributed by atoms with Gasteiger partial charge in [0.05, 0.1) is 0 Å². The third kappa shape index (κ3) is 1.27. The minimum Gasteiger partial charge on any atom is -0.349 e. The molecular weight excluding hydrogens is 186 g/mol. The summed E-state index contributed by atoms with van der Waals surface area (Å²) < 4.78 is 0. The van der Waals surface area contributed by atoms with Gasteiger partial charge < -0.3 is 5.32 Å². The molecule has 0 heterocycles. The average Bonchev–Trinajstić information content (AvgIpc) is 2.50. The summed E-state index contributed by atoms with van der Waals surface area (Å²) in [5.41, 5.74) is 0.641. The predicted octanol–water partition coefficient (Wildman–Crippen LogP) is 2.50. The van der Waals surface area contributed by atoms with Gasteiger partial charge in [0.2, 0.25) is 5.91 Å². The van der Waals surface area contributed by atoms with Crippen molar-refractivity contribution < 1.29 is 4.79 Å². The highest BCUT2D eigenvalue weighted by Crippen LogP contribution is 2.65. The quantitative estimate of drug-likeness (QED) is 0.693. The van der Waals surface area contributed by atoms with E-state index < -0.39 is 0 Å². The van der Waals surface area contributed by atoms with Crippen LogP contribution in [0.1, 0.15) is 40.0 Å². The first-order valence-corrected chi connectivity index (χ1v) is 5.85. The van der Waals surface area contributed by atoms with E-state index in [-0.39, 0.29) is 11.3 Å². The van der Waals surface area contributed by atoms with E-state index in [1.165, 1.54) is 18.9 Å². The van der Waals surface area contributed by atoms with E-state index in [1.54, 1.807) is 0 Å². The van der Waals surface area contributed by atoms with Crippen LogP contribution in [-0.4, -0.2) is 11.9 Å². The minimum atomic E-state index is -0.0235. The summed E-state index contributed by atoms with van der Waals surface area (Å²) in [7, 11) is 0. The fraction of sp³-hybridized carbons (Fsp3) is 0.769. The standard InChI is InChI=1S/C13H21NO/c1-5-11(15)14-10-8-9-6-7-13(10,4)12(9,2)3/h5,9-10H,1,6-8H2,2-4H3,(H,14,15)/t9-,10-,13-/m1/s1. The molecule has 0 aromatic heterocycles. The topological polar surface area (TPSA) is 29.1 Å². The Balaban J connectivity index is 2.19. The maximum absolute atomic E-state index is 11.4. The first kappa shape index (κ1) is 10.7. The molecule has 3 atom stereocenters. The summed E-state index contributed by atoms with van der Waals surface area (Å²) in [6, 6.07) is 0.344. The number of rotatable bonds is 2. The molecule has 0 aromatic rings. The lowest BCUT2D eigenvalue weighted by Crippen LogP contribution is -2.46. The van der Waals surface area contributed by atoms with Gasteiger partial charge in [-0.2, -0.15) is 0 Å². The van der Waals surface area contributed by atoms with Crippen LogP contribution < -0.4 is 5.32 Å². The highest BCUT2D eigenvalue weighted by molar-refractivity contribution is 5.87. The van der Waals surface area contributed by atoms with E-state index in [4.69, 9.17) is 0 Å². The van der Waals surface area contributed by atoms with Gasteiger partial charge >= 0.3 is 0 Å². The lowest BCUT2D eigenvalue weighted by Gasteiger charge is -2.39. The van der Waals surface area contributed by atoms with E-state index in [2.05, 4.69) is 32.7 Å². The SMILES string of the molecule is C=CC(=O)N[C@@H]1C[C@H]2CC[C@@]1(C)C2(C)C. The smallest absolute Gasteiger partial charge is 0.243 e. The Bertz CT molecular complexity index is 308. The predicted molar refractivity (Wildman–Crippen MR) is 61.4 cm³/mol. The van der Waals surface area contributed by atoms with Crippen molar-refractivity contribution in [2.75, 3.05) is 0 Å². The molecule has 0 aliphatic heterocycles. The Labute approximate surface area is 92.1 Å². The number of fused-ring (bicyclic) bond motifs is 2. The van der Waals surface area contributed by atoms with Gasteiger partial charge in [0.1, 0.15) is 0 Å². The van der Waals surface area contributed by atoms with Crippen molar-refractivity contribution in [3.63, 3.8) is 0 Å². The molecule has 2 saturated carbocycles. The molecule has 2 aliphatic carbocycles. The van der Waals surface area contributed by atoms with Gasteiger partial charge in [-0.05, 0) is 42.1 Å². The number of hydrogen-bond donors (Lipinski definition) is 1. The monoisotopic (exact) mass is 207 g/mol. The van der Waals surface area contributed by atoms with Crippen molar-refractivity contribution in [2.24, 2.45) is 16.7 Å². The lowest BCUT2D eigenvalue weighted by molar-refractivity contribution is -0.118. The Morgan fingerprint density at radius 3 is 2.53 bits per heavy atom. The molecule has 2 aliphatic rings. The summed E-state index contributed by atoms with van der Waals surface area (Å²) in [5, 5.41) is 3.10. The molecule has 2 nitrogen and oxygen atoms in total. The van der Waals surface area contributed by atoms with Gasteiger partial charge in [-0.3, -0.25) is 4.79 Å². The number of carbonyl (C=O) groups excluding carboxylic acids is 1. The molecule has 0 spiro atoms. The minimum absolute atomic E-state index is 0.0235. The molecule has 0 saturated heterocycles. The van der Waals surface area contributed by atoms with Crippen molar-refractivity contribution in [3.8, 4) is 0 Å². The third-order valence-corrected chi connectivity index (χ3v) is 5.30. The van der Waals surface area contributed by atoms with Gasteiger partial charge in [-0.15, -0.1) is 0 Å². The van der Waals surface area contributed by atoms with Gasteiger partial charge in [0.15, 0.2) is 0 Å². The van der Waals surface area contributed by atoms with Crippen LogP contribution in [0.15, 0.2) is 12.7 Å². The summed E-state index contributed by atoms with van der Waals surface area (Å²) in [4.78, 5) is 11.4. The van der Waals surface area contributed by atoms with E-state index in [0.717, 1.165) is 12.3 Å². The molecule has 2 rings (SSSR count). The first-order chi connectivity index (χ1) is 6.91. The van der Waals surface area contributed by atoms with Gasteiger partial charge in [-0.25, -0.2) is 0 Å². The summed E-state index contributed by atoms with van der Waals surface area (Å²) in [6.07, 6.45) is 5.09. The van der Waals surface area contributed by atoms with E-state index in [0.29, 0.717) is 11.5 Å². The maximum atomic E-state index is 11.4. The molecule has 0 unspecified atom stereocenters. The molecule has 84 valence electrons. The van der Waals surface area contributed by atoms with Gasteiger partial charge in [0.25, 0.3) is 0 Å². The van der Waals surface area contributed by atoms with Crippen LogP contribution in [0.2, 0.25) is 0 Å². The number of nitrogens with one attached hydrogen (secondary N) is 1. The van der Waals surface area contributed by atoms with E-state index >= 15 is 0 Å². The molecular formula is C13H21NO. The summed E-state index contributed by atoms with van der Waals surface area (Å²) in [5.74, 6) is 0.752. The van der Waals surface area contributed by atoms with Crippen LogP contribution in [0, 0.1) is 16.7 Å². The molecule has 2 heteroatoms. The largest absolute Gasteiger partial charge is 0.349 e. The van der Waals surface area contributed by atoms with Crippen LogP contribution in [0.25, 0.3) is 0 Å². The van der Waals surface area contributed by atoms with E-state index in [1.807, 2.05) is 0 Å².